The normalized spacial score (nSPS) is 9.56. The van der Waals surface area contributed by atoms with Crippen LogP contribution < -0.4 is 0 Å². The summed E-state index contributed by atoms with van der Waals surface area (Å²) in [7, 11) is 0. The summed E-state index contributed by atoms with van der Waals surface area (Å²) in [5.41, 5.74) is 1.71. The van der Waals surface area contributed by atoms with Crippen LogP contribution in [-0.4, -0.2) is 10.1 Å². The first-order valence-electron chi connectivity index (χ1n) is 2.77. The zero-order valence-corrected chi connectivity index (χ0v) is 5.26. The molecule has 9 heavy (non-hydrogen) atoms. The van der Waals surface area contributed by atoms with E-state index in [0.29, 0.717) is 5.69 Å². The molecule has 1 heterocycles. The molecule has 0 fully saturated rings. The van der Waals surface area contributed by atoms with Crippen molar-refractivity contribution in [2.45, 2.75) is 13.5 Å². The largest absolute Gasteiger partial charge is 0.390 e. The van der Waals surface area contributed by atoms with Crippen LogP contribution in [0.5, 0.6) is 0 Å². The van der Waals surface area contributed by atoms with Gasteiger partial charge >= 0.3 is 0 Å². The van der Waals surface area contributed by atoms with Crippen molar-refractivity contribution in [3.63, 3.8) is 0 Å². The van der Waals surface area contributed by atoms with Gasteiger partial charge in [0, 0.05) is 12.3 Å². The van der Waals surface area contributed by atoms with Crippen LogP contribution in [0.1, 0.15) is 11.3 Å². The Hall–Kier alpha value is -0.890. The van der Waals surface area contributed by atoms with Crippen molar-refractivity contribution in [1.82, 2.24) is 4.98 Å². The third-order valence-electron chi connectivity index (χ3n) is 1.07. The lowest BCUT2D eigenvalue weighted by Crippen LogP contribution is -1.87. The monoisotopic (exact) mass is 122 g/mol. The fourth-order valence-electron chi connectivity index (χ4n) is 0.632. The summed E-state index contributed by atoms with van der Waals surface area (Å²) in [5.74, 6) is 0. The number of aromatic nitrogens is 1. The second kappa shape index (κ2) is 2.60. The topological polar surface area (TPSA) is 33.1 Å². The summed E-state index contributed by atoms with van der Waals surface area (Å²) >= 11 is 0. The maximum Gasteiger partial charge on any atom is 0.0853 e. The molecule has 0 unspecified atom stereocenters. The van der Waals surface area contributed by atoms with E-state index in [1.165, 1.54) is 0 Å². The van der Waals surface area contributed by atoms with E-state index >= 15 is 0 Å². The molecule has 0 saturated carbocycles. The van der Waals surface area contributed by atoms with E-state index in [1.807, 2.05) is 6.92 Å². The lowest BCUT2D eigenvalue weighted by atomic mass is 10.2. The molecule has 1 N–H and O–H groups in total. The third-order valence-corrected chi connectivity index (χ3v) is 1.07. The molecular weight excluding hydrogens is 114 g/mol. The number of nitrogens with zero attached hydrogens (tertiary/aromatic N) is 1. The van der Waals surface area contributed by atoms with E-state index in [-0.39, 0.29) is 6.61 Å². The van der Waals surface area contributed by atoms with Gasteiger partial charge in [-0.3, -0.25) is 4.98 Å². The van der Waals surface area contributed by atoms with Gasteiger partial charge in [-0.05, 0) is 18.6 Å². The number of hydrogen-bond donors (Lipinski definition) is 1. The van der Waals surface area contributed by atoms with Crippen molar-refractivity contribution in [1.29, 1.82) is 0 Å². The predicted molar refractivity (Wildman–Crippen MR) is 33.7 cm³/mol. The number of aryl methyl sites for hydroxylation is 1. The lowest BCUT2D eigenvalue weighted by Gasteiger charge is -1.93. The van der Waals surface area contributed by atoms with Gasteiger partial charge in [0.1, 0.15) is 0 Å². The van der Waals surface area contributed by atoms with Crippen LogP contribution in [0.3, 0.4) is 0 Å². The zero-order valence-electron chi connectivity index (χ0n) is 5.26. The van der Waals surface area contributed by atoms with Crippen molar-refractivity contribution >= 4 is 0 Å². The van der Waals surface area contributed by atoms with Gasteiger partial charge in [-0.2, -0.15) is 0 Å². The number of aliphatic hydroxyl groups excluding tert-OH is 1. The quantitative estimate of drug-likeness (QED) is 0.594. The van der Waals surface area contributed by atoms with Gasteiger partial charge in [0.25, 0.3) is 0 Å². The molecule has 0 spiro atoms. The molecule has 1 rings (SSSR count). The van der Waals surface area contributed by atoms with Crippen molar-refractivity contribution in [2.75, 3.05) is 0 Å². The number of pyridine rings is 1. The molecule has 0 bridgehead atoms. The van der Waals surface area contributed by atoms with Crippen molar-refractivity contribution in [2.24, 2.45) is 0 Å². The molecule has 0 aliphatic rings. The SMILES string of the molecule is Cc1[c]cnc(CO)c1. The first-order chi connectivity index (χ1) is 4.33. The molecule has 1 aromatic heterocycles. The molecule has 1 radical (unpaired) electrons. The highest BCUT2D eigenvalue weighted by atomic mass is 16.3. The van der Waals surface area contributed by atoms with Gasteiger partial charge in [0.05, 0.1) is 12.3 Å². The molecule has 0 saturated heterocycles. The molecule has 0 aliphatic heterocycles. The van der Waals surface area contributed by atoms with Crippen molar-refractivity contribution in [3.8, 4) is 0 Å². The summed E-state index contributed by atoms with van der Waals surface area (Å²) in [6, 6.07) is 4.69. The molecule has 47 valence electrons. The summed E-state index contributed by atoms with van der Waals surface area (Å²) in [6.45, 7) is 1.93. The average molecular weight is 122 g/mol. The Morgan fingerprint density at radius 3 is 3.00 bits per heavy atom. The molecule has 1 aromatic rings. The third kappa shape index (κ3) is 1.50. The van der Waals surface area contributed by atoms with Gasteiger partial charge in [0.2, 0.25) is 0 Å². The van der Waals surface area contributed by atoms with E-state index < -0.39 is 0 Å². The first-order valence-corrected chi connectivity index (χ1v) is 2.77. The van der Waals surface area contributed by atoms with Crippen LogP contribution in [0.25, 0.3) is 0 Å². The van der Waals surface area contributed by atoms with Crippen LogP contribution >= 0.6 is 0 Å². The van der Waals surface area contributed by atoms with Gasteiger partial charge in [-0.25, -0.2) is 0 Å². The Morgan fingerprint density at radius 1 is 1.78 bits per heavy atom. The lowest BCUT2D eigenvalue weighted by molar-refractivity contribution is 0.277. The maximum atomic E-state index is 8.59. The number of rotatable bonds is 1. The highest BCUT2D eigenvalue weighted by Crippen LogP contribution is 1.97. The fraction of sp³-hybridized carbons (Fsp3) is 0.286. The molecule has 2 heteroatoms. The fourth-order valence-corrected chi connectivity index (χ4v) is 0.632. The van der Waals surface area contributed by atoms with Crippen molar-refractivity contribution < 1.29 is 5.11 Å². The molecule has 0 amide bonds. The Morgan fingerprint density at radius 2 is 2.56 bits per heavy atom. The second-order valence-electron chi connectivity index (χ2n) is 1.88. The van der Waals surface area contributed by atoms with Crippen molar-refractivity contribution in [3.05, 3.63) is 29.6 Å². The molecule has 0 atom stereocenters. The van der Waals surface area contributed by atoms with Crippen LogP contribution in [0.4, 0.5) is 0 Å². The second-order valence-corrected chi connectivity index (χ2v) is 1.88. The minimum Gasteiger partial charge on any atom is -0.390 e. The maximum absolute atomic E-state index is 8.59. The molecule has 2 nitrogen and oxygen atoms in total. The summed E-state index contributed by atoms with van der Waals surface area (Å²) in [4.78, 5) is 3.85. The zero-order chi connectivity index (χ0) is 6.69. The smallest absolute Gasteiger partial charge is 0.0853 e. The van der Waals surface area contributed by atoms with Crippen LogP contribution in [0.2, 0.25) is 0 Å². The Kier molecular flexibility index (Phi) is 1.80. The van der Waals surface area contributed by atoms with Gasteiger partial charge in [-0.15, -0.1) is 0 Å². The van der Waals surface area contributed by atoms with E-state index in [1.54, 1.807) is 12.3 Å². The summed E-state index contributed by atoms with van der Waals surface area (Å²) < 4.78 is 0. The standard InChI is InChI=1S/C7H8NO/c1-6-2-3-8-7(4-6)5-9/h3-4,9H,5H2,1H3. The Balaban J connectivity index is 2.94. The van der Waals surface area contributed by atoms with Crippen LogP contribution in [0, 0.1) is 13.0 Å². The highest BCUT2D eigenvalue weighted by Gasteiger charge is 1.89. The van der Waals surface area contributed by atoms with Crippen LogP contribution in [0.15, 0.2) is 12.3 Å². The average Bonchev–Trinajstić information content (AvgIpc) is 1.88. The van der Waals surface area contributed by atoms with E-state index in [0.717, 1.165) is 5.56 Å². The minimum atomic E-state index is 0.00944. The van der Waals surface area contributed by atoms with Gasteiger partial charge in [-0.1, -0.05) is 0 Å². The summed E-state index contributed by atoms with van der Waals surface area (Å²) in [5, 5.41) is 8.59. The molecule has 0 aromatic carbocycles. The first kappa shape index (κ1) is 6.23. The minimum absolute atomic E-state index is 0.00944. The van der Waals surface area contributed by atoms with Gasteiger partial charge in [0.15, 0.2) is 0 Å². The number of aliphatic hydroxyl groups is 1. The Bertz CT molecular complexity index is 198. The molecular formula is C7H8NO. The van der Waals surface area contributed by atoms with E-state index in [9.17, 15) is 0 Å². The van der Waals surface area contributed by atoms with Gasteiger partial charge < -0.3 is 5.11 Å². The number of hydrogen-bond acceptors (Lipinski definition) is 2. The van der Waals surface area contributed by atoms with Crippen LogP contribution in [-0.2, 0) is 6.61 Å². The van der Waals surface area contributed by atoms with E-state index in [2.05, 4.69) is 11.1 Å². The molecule has 0 aliphatic carbocycles. The Labute approximate surface area is 54.2 Å². The highest BCUT2D eigenvalue weighted by molar-refractivity contribution is 5.11. The predicted octanol–water partition coefficient (Wildman–Crippen LogP) is 0.683. The van der Waals surface area contributed by atoms with E-state index in [4.69, 9.17) is 5.11 Å². The summed E-state index contributed by atoms with van der Waals surface area (Å²) in [6.07, 6.45) is 1.57.